The number of fused-ring (bicyclic) bond motifs is 8. The Balaban J connectivity index is 2.02. The molecule has 520 valence electrons. The second-order valence-electron chi connectivity index (χ2n) is 23.9. The second kappa shape index (κ2) is 41.1. The van der Waals surface area contributed by atoms with Crippen LogP contribution in [0.4, 0.5) is 0 Å². The Kier molecular flexibility index (Phi) is 33.3. The van der Waals surface area contributed by atoms with Gasteiger partial charge in [0.15, 0.2) is 23.1 Å². The number of rotatable bonds is 42. The largest absolute Gasteiger partial charge is 0.489 e. The van der Waals surface area contributed by atoms with Crippen molar-refractivity contribution < 1.29 is 95.3 Å². The zero-order chi connectivity index (χ0) is 70.1. The Hall–Kier alpha value is -8.94. The topological polar surface area (TPSA) is 263 Å². The normalized spacial score (nSPS) is 11.5. The van der Waals surface area contributed by atoms with Gasteiger partial charge in [0.05, 0.1) is 14.2 Å². The molecule has 8 bridgehead atoms. The fourth-order valence-electron chi connectivity index (χ4n) is 10.9. The minimum absolute atomic E-state index is 0.0926. The number of unbranched alkanes of at least 4 members (excludes halogenated alkanes) is 8. The molecular weight excluding hydrogens is 1230 g/mol. The van der Waals surface area contributed by atoms with Crippen molar-refractivity contribution in [2.75, 3.05) is 67.1 Å². The Bertz CT molecular complexity index is 3100. The molecular formula is C76H96O20. The highest BCUT2D eigenvalue weighted by Gasteiger charge is 2.28. The minimum atomic E-state index is -0.863. The molecule has 5 rings (SSSR count). The fraction of sp³-hybridized carbons (Fsp3) is 0.500. The number of ketones is 4. The number of hydrogen-bond donors (Lipinski definition) is 0. The van der Waals surface area contributed by atoms with Crippen molar-refractivity contribution in [3.63, 3.8) is 0 Å². The number of carbonyl (C=O) groups is 10. The van der Waals surface area contributed by atoms with Crippen LogP contribution in [0.2, 0.25) is 0 Å². The van der Waals surface area contributed by atoms with Crippen molar-refractivity contribution in [3.05, 3.63) is 140 Å². The van der Waals surface area contributed by atoms with Crippen LogP contribution >= 0.6 is 0 Å². The van der Waals surface area contributed by atoms with E-state index in [1.807, 2.05) is 27.7 Å². The van der Waals surface area contributed by atoms with Crippen LogP contribution in [-0.4, -0.2) is 126 Å². The van der Waals surface area contributed by atoms with Gasteiger partial charge in [-0.15, -0.1) is 0 Å². The first kappa shape index (κ1) is 77.8. The molecule has 0 atom stereocenters. The predicted octanol–water partition coefficient (Wildman–Crippen LogP) is 13.4. The van der Waals surface area contributed by atoms with E-state index in [0.717, 1.165) is 65.6 Å². The minimum Gasteiger partial charge on any atom is -0.489 e. The molecule has 0 unspecified atom stereocenters. The summed E-state index contributed by atoms with van der Waals surface area (Å²) in [5.41, 5.74) is 5.03. The summed E-state index contributed by atoms with van der Waals surface area (Å²) in [6, 6.07) is 13.8. The third-order valence-corrected chi connectivity index (χ3v) is 15.9. The maximum absolute atomic E-state index is 14.8. The van der Waals surface area contributed by atoms with E-state index >= 15 is 0 Å². The van der Waals surface area contributed by atoms with E-state index in [4.69, 9.17) is 47.4 Å². The highest BCUT2D eigenvalue weighted by Crippen LogP contribution is 2.42. The summed E-state index contributed by atoms with van der Waals surface area (Å²) < 4.78 is 58.6. The smallest absolute Gasteiger partial charge is 0.333 e. The molecule has 1 aliphatic carbocycles. The quantitative estimate of drug-likeness (QED) is 0.00877. The third-order valence-electron chi connectivity index (χ3n) is 15.9. The average molecular weight is 1330 g/mol. The van der Waals surface area contributed by atoms with Gasteiger partial charge in [0.25, 0.3) is 0 Å². The van der Waals surface area contributed by atoms with Crippen LogP contribution < -0.4 is 18.9 Å². The van der Waals surface area contributed by atoms with Crippen LogP contribution in [0.5, 0.6) is 23.0 Å². The summed E-state index contributed by atoms with van der Waals surface area (Å²) in [6.07, 6.45) is 7.95. The molecule has 0 aromatic heterocycles. The lowest BCUT2D eigenvalue weighted by Crippen LogP contribution is -2.18. The van der Waals surface area contributed by atoms with E-state index < -0.39 is 48.7 Å². The van der Waals surface area contributed by atoms with E-state index in [1.54, 1.807) is 48.5 Å². The number of Topliss-reactive ketones (excluding diaryl/α,β-unsaturated/α-hetero) is 4. The Labute approximate surface area is 564 Å². The van der Waals surface area contributed by atoms with Gasteiger partial charge in [0.1, 0.15) is 88.7 Å². The number of benzene rings is 4. The molecule has 4 aromatic carbocycles. The Morgan fingerprint density at radius 2 is 0.542 bits per heavy atom. The van der Waals surface area contributed by atoms with Crippen LogP contribution in [0.25, 0.3) is 0 Å². The lowest BCUT2D eigenvalue weighted by Gasteiger charge is -2.25. The first-order valence-corrected chi connectivity index (χ1v) is 33.5. The van der Waals surface area contributed by atoms with Gasteiger partial charge in [-0.2, -0.15) is 0 Å². The van der Waals surface area contributed by atoms with Crippen LogP contribution in [0.1, 0.15) is 243 Å². The van der Waals surface area contributed by atoms with Crippen molar-refractivity contribution in [3.8, 4) is 23.0 Å². The summed E-state index contributed by atoms with van der Waals surface area (Å²) in [7, 11) is 2.30. The highest BCUT2D eigenvalue weighted by molar-refractivity contribution is 5.99. The monoisotopic (exact) mass is 1330 g/mol. The average Bonchev–Trinajstić information content (AvgIpc) is 0.774. The Morgan fingerprint density at radius 3 is 0.740 bits per heavy atom. The number of carbonyl (C=O) groups excluding carboxylic acids is 10. The van der Waals surface area contributed by atoms with Crippen LogP contribution in [0.3, 0.4) is 0 Å². The molecule has 0 spiro atoms. The van der Waals surface area contributed by atoms with Crippen molar-refractivity contribution in [2.45, 2.75) is 183 Å². The fourth-order valence-corrected chi connectivity index (χ4v) is 10.9. The van der Waals surface area contributed by atoms with Gasteiger partial charge in [-0.1, -0.05) is 92.2 Å². The van der Waals surface area contributed by atoms with E-state index in [-0.39, 0.29) is 161 Å². The number of methoxy groups -OCH3 is 2. The summed E-state index contributed by atoms with van der Waals surface area (Å²) in [5, 5.41) is 0. The molecule has 0 saturated carbocycles. The molecule has 20 heteroatoms. The van der Waals surface area contributed by atoms with Crippen LogP contribution in [-0.2, 0) is 82.9 Å². The first-order valence-electron chi connectivity index (χ1n) is 33.5. The SMILES string of the molecule is C=C(C)C(=O)OCCOc1c2cc(C(=O)CCCCC)cc1Cc1cc(C(=O)CCCCC)cc(c1OCCOC(=O)CC(=O)OC)Cc1cc(C(=O)CCCCC)cc(c1OCCOC(=O)C(=C)C)Cc1cc(C(=O)CCCCC)cc(c1OCCOC(=O)CC(=O)OC)C2. The number of hydrogen-bond acceptors (Lipinski definition) is 20. The van der Waals surface area contributed by atoms with Gasteiger partial charge >= 0.3 is 35.8 Å². The molecule has 0 fully saturated rings. The van der Waals surface area contributed by atoms with E-state index in [9.17, 15) is 47.9 Å². The Morgan fingerprint density at radius 1 is 0.323 bits per heavy atom. The molecule has 0 aliphatic heterocycles. The number of esters is 6. The predicted molar refractivity (Wildman–Crippen MR) is 360 cm³/mol. The zero-order valence-electron chi connectivity index (χ0n) is 57.4. The summed E-state index contributed by atoms with van der Waals surface area (Å²) >= 11 is 0. The first-order chi connectivity index (χ1) is 46.1. The molecule has 0 amide bonds. The standard InChI is InChI=1S/C76H96O20/c1-11-15-19-23-63(77)51-35-55-43-59-39-53(65(79)25-21-17-13-3)41-61(73(59)93-31-33-95-75(85)49(5)6)45-57-37-52(64(78)24-20-16-12-2)38-58(72(57)92-30-28-90-70(84)48-68(82)88-10)46-62-42-54(66(80)26-22-18-14-4)40-60(74(62)94-32-34-96-76(86)50(7)8)44-56(36-51)71(55)91-29-27-89-69(83)47-67(81)87-9/h35-42H,5,7,11-34,43-48H2,1-4,6,8-10H3. The van der Waals surface area contributed by atoms with Crippen molar-refractivity contribution in [2.24, 2.45) is 0 Å². The van der Waals surface area contributed by atoms with Crippen molar-refractivity contribution in [1.29, 1.82) is 0 Å². The molecule has 0 saturated heterocycles. The van der Waals surface area contributed by atoms with Gasteiger partial charge < -0.3 is 47.4 Å². The van der Waals surface area contributed by atoms with Crippen LogP contribution in [0.15, 0.2) is 72.8 Å². The molecule has 0 N–H and O–H groups in total. The molecule has 20 nitrogen and oxygen atoms in total. The zero-order valence-corrected chi connectivity index (χ0v) is 57.4. The van der Waals surface area contributed by atoms with Gasteiger partial charge in [0, 0.05) is 84.8 Å². The van der Waals surface area contributed by atoms with Gasteiger partial charge in [-0.25, -0.2) is 9.59 Å². The lowest BCUT2D eigenvalue weighted by atomic mass is 9.86. The molecule has 1 aliphatic rings. The van der Waals surface area contributed by atoms with Crippen molar-refractivity contribution >= 4 is 58.9 Å². The molecule has 4 aromatic rings. The van der Waals surface area contributed by atoms with Crippen LogP contribution in [0, 0.1) is 0 Å². The third kappa shape index (κ3) is 25.0. The lowest BCUT2D eigenvalue weighted by molar-refractivity contribution is -0.155. The number of ether oxygens (including phenoxy) is 10. The molecule has 0 radical (unpaired) electrons. The van der Waals surface area contributed by atoms with E-state index in [1.165, 1.54) is 13.8 Å². The van der Waals surface area contributed by atoms with E-state index in [2.05, 4.69) is 13.2 Å². The van der Waals surface area contributed by atoms with Gasteiger partial charge in [-0.3, -0.25) is 38.4 Å². The molecule has 0 heterocycles. The van der Waals surface area contributed by atoms with Gasteiger partial charge in [-0.05, 0) is 133 Å². The summed E-state index contributed by atoms with van der Waals surface area (Å²) in [6.45, 7) is 16.6. The van der Waals surface area contributed by atoms with Crippen molar-refractivity contribution in [1.82, 2.24) is 0 Å². The maximum atomic E-state index is 14.8. The van der Waals surface area contributed by atoms with Gasteiger partial charge in [0.2, 0.25) is 0 Å². The highest BCUT2D eigenvalue weighted by atomic mass is 16.6. The molecule has 96 heavy (non-hydrogen) atoms. The van der Waals surface area contributed by atoms with E-state index in [0.29, 0.717) is 92.4 Å². The summed E-state index contributed by atoms with van der Waals surface area (Å²) in [5.74, 6) is -4.37. The second-order valence-corrected chi connectivity index (χ2v) is 23.9. The summed E-state index contributed by atoms with van der Waals surface area (Å²) in [4.78, 5) is 135. The maximum Gasteiger partial charge on any atom is 0.333 e.